The van der Waals surface area contributed by atoms with Crippen molar-refractivity contribution in [3.05, 3.63) is 29.8 Å². The van der Waals surface area contributed by atoms with Crippen molar-refractivity contribution < 1.29 is 9.90 Å². The first-order chi connectivity index (χ1) is 14.6. The van der Waals surface area contributed by atoms with Gasteiger partial charge in [-0.25, -0.2) is 0 Å². The first kappa shape index (κ1) is 25.7. The Morgan fingerprint density at radius 2 is 2.03 bits per heavy atom. The molecule has 1 aliphatic carbocycles. The van der Waals surface area contributed by atoms with Gasteiger partial charge < -0.3 is 26.0 Å². The van der Waals surface area contributed by atoms with Crippen LogP contribution in [0, 0.1) is 5.92 Å². The molecule has 2 fully saturated rings. The molecule has 1 saturated heterocycles. The van der Waals surface area contributed by atoms with E-state index in [0.29, 0.717) is 24.7 Å². The predicted octanol–water partition coefficient (Wildman–Crippen LogP) is 2.95. The van der Waals surface area contributed by atoms with Crippen LogP contribution >= 0.6 is 24.0 Å². The number of rotatable bonds is 9. The summed E-state index contributed by atoms with van der Waals surface area (Å²) in [4.78, 5) is 19.4. The number of halogens is 1. The standard InChI is InChI=1S/C23H37N5O2.HI/c1-2-24-23(27-20-11-14-28(17-20)16-18-7-3-4-8-18)26-13-6-12-25-22(30)19-9-5-10-21(29)15-19;/h5,9-10,15,18,20,29H,2-4,6-8,11-14,16-17H2,1H3,(H,25,30)(H2,24,26,27);1H. The van der Waals surface area contributed by atoms with E-state index in [0.717, 1.165) is 37.8 Å². The molecule has 174 valence electrons. The summed E-state index contributed by atoms with van der Waals surface area (Å²) in [5.41, 5.74) is 0.469. The average Bonchev–Trinajstić information content (AvgIpc) is 3.40. The van der Waals surface area contributed by atoms with Gasteiger partial charge in [-0.3, -0.25) is 9.79 Å². The Kier molecular flexibility index (Phi) is 11.4. The zero-order valence-corrected chi connectivity index (χ0v) is 20.9. The Bertz CT molecular complexity index is 709. The van der Waals surface area contributed by atoms with Crippen LogP contribution in [0.2, 0.25) is 0 Å². The summed E-state index contributed by atoms with van der Waals surface area (Å²) in [5.74, 6) is 1.70. The molecule has 0 spiro atoms. The van der Waals surface area contributed by atoms with Gasteiger partial charge in [0.1, 0.15) is 5.75 Å². The van der Waals surface area contributed by atoms with Gasteiger partial charge >= 0.3 is 0 Å². The number of phenols is 1. The maximum atomic E-state index is 12.1. The smallest absolute Gasteiger partial charge is 0.251 e. The second-order valence-electron chi connectivity index (χ2n) is 8.46. The SMILES string of the molecule is CCNC(=NCCCNC(=O)c1cccc(O)c1)NC1CCN(CC2CCCC2)C1.I. The number of amides is 1. The van der Waals surface area contributed by atoms with Gasteiger partial charge in [-0.2, -0.15) is 0 Å². The quantitative estimate of drug-likeness (QED) is 0.167. The van der Waals surface area contributed by atoms with Gasteiger partial charge in [-0.1, -0.05) is 18.9 Å². The molecule has 1 aromatic rings. The number of aliphatic imine (C=N–C) groups is 1. The Hall–Kier alpha value is -1.55. The van der Waals surface area contributed by atoms with E-state index < -0.39 is 0 Å². The minimum atomic E-state index is -0.173. The van der Waals surface area contributed by atoms with Crippen LogP contribution in [-0.4, -0.2) is 67.2 Å². The monoisotopic (exact) mass is 543 g/mol. The highest BCUT2D eigenvalue weighted by Crippen LogP contribution is 2.26. The minimum absolute atomic E-state index is 0. The van der Waals surface area contributed by atoms with E-state index in [1.165, 1.54) is 44.8 Å². The molecule has 1 amide bonds. The molecule has 31 heavy (non-hydrogen) atoms. The van der Waals surface area contributed by atoms with Crippen LogP contribution in [0.3, 0.4) is 0 Å². The molecule has 3 rings (SSSR count). The molecule has 0 aromatic heterocycles. The second-order valence-corrected chi connectivity index (χ2v) is 8.46. The van der Waals surface area contributed by atoms with Gasteiger partial charge in [0.15, 0.2) is 5.96 Å². The van der Waals surface area contributed by atoms with Crippen molar-refractivity contribution in [1.29, 1.82) is 0 Å². The van der Waals surface area contributed by atoms with Gasteiger partial charge in [-0.15, -0.1) is 24.0 Å². The molecule has 1 aliphatic heterocycles. The Morgan fingerprint density at radius 3 is 2.77 bits per heavy atom. The number of guanidine groups is 1. The van der Waals surface area contributed by atoms with Gasteiger partial charge in [-0.05, 0) is 56.7 Å². The van der Waals surface area contributed by atoms with Crippen molar-refractivity contribution in [2.45, 2.75) is 51.5 Å². The van der Waals surface area contributed by atoms with Gasteiger partial charge in [0.25, 0.3) is 5.91 Å². The molecular weight excluding hydrogens is 505 g/mol. The fourth-order valence-electron chi connectivity index (χ4n) is 4.41. The molecule has 8 heteroatoms. The molecule has 0 radical (unpaired) electrons. The number of carbonyl (C=O) groups is 1. The Labute approximate surface area is 203 Å². The van der Waals surface area contributed by atoms with Crippen molar-refractivity contribution in [2.24, 2.45) is 10.9 Å². The third kappa shape index (κ3) is 8.84. The molecule has 1 unspecified atom stereocenters. The number of phenolic OH excluding ortho intramolecular Hbond substituents is 1. The van der Waals surface area contributed by atoms with Crippen molar-refractivity contribution in [2.75, 3.05) is 39.3 Å². The number of aromatic hydroxyl groups is 1. The fraction of sp³-hybridized carbons (Fsp3) is 0.652. The third-order valence-electron chi connectivity index (χ3n) is 5.95. The van der Waals surface area contributed by atoms with Crippen LogP contribution in [0.5, 0.6) is 5.75 Å². The summed E-state index contributed by atoms with van der Waals surface area (Å²) < 4.78 is 0. The van der Waals surface area contributed by atoms with E-state index in [4.69, 9.17) is 0 Å². The summed E-state index contributed by atoms with van der Waals surface area (Å²) >= 11 is 0. The van der Waals surface area contributed by atoms with Crippen LogP contribution in [0.4, 0.5) is 0 Å². The van der Waals surface area contributed by atoms with E-state index in [9.17, 15) is 9.90 Å². The summed E-state index contributed by atoms with van der Waals surface area (Å²) in [5, 5.41) is 19.3. The average molecular weight is 543 g/mol. The fourth-order valence-corrected chi connectivity index (χ4v) is 4.41. The number of likely N-dealkylation sites (tertiary alicyclic amines) is 1. The largest absolute Gasteiger partial charge is 0.508 e. The summed E-state index contributed by atoms with van der Waals surface area (Å²) in [6.07, 6.45) is 7.55. The van der Waals surface area contributed by atoms with Crippen molar-refractivity contribution >= 4 is 35.8 Å². The highest BCUT2D eigenvalue weighted by Gasteiger charge is 2.26. The summed E-state index contributed by atoms with van der Waals surface area (Å²) in [7, 11) is 0. The van der Waals surface area contributed by atoms with Crippen molar-refractivity contribution in [3.8, 4) is 5.75 Å². The number of nitrogens with zero attached hydrogens (tertiary/aromatic N) is 2. The van der Waals surface area contributed by atoms with E-state index in [2.05, 4.69) is 32.8 Å². The molecule has 1 saturated carbocycles. The van der Waals surface area contributed by atoms with Crippen LogP contribution < -0.4 is 16.0 Å². The van der Waals surface area contributed by atoms with Gasteiger partial charge in [0.05, 0.1) is 0 Å². The highest BCUT2D eigenvalue weighted by molar-refractivity contribution is 14.0. The maximum absolute atomic E-state index is 12.1. The lowest BCUT2D eigenvalue weighted by Crippen LogP contribution is -2.45. The lowest BCUT2D eigenvalue weighted by molar-refractivity contribution is 0.0953. The van der Waals surface area contributed by atoms with E-state index in [1.807, 2.05) is 0 Å². The lowest BCUT2D eigenvalue weighted by atomic mass is 10.1. The van der Waals surface area contributed by atoms with E-state index in [-0.39, 0.29) is 35.6 Å². The van der Waals surface area contributed by atoms with Crippen molar-refractivity contribution in [3.63, 3.8) is 0 Å². The summed E-state index contributed by atoms with van der Waals surface area (Å²) in [6, 6.07) is 6.84. The second kappa shape index (κ2) is 13.8. The number of nitrogens with one attached hydrogen (secondary N) is 3. The molecule has 1 atom stereocenters. The Morgan fingerprint density at radius 1 is 1.23 bits per heavy atom. The minimum Gasteiger partial charge on any atom is -0.508 e. The van der Waals surface area contributed by atoms with Crippen molar-refractivity contribution in [1.82, 2.24) is 20.9 Å². The summed E-state index contributed by atoms with van der Waals surface area (Å²) in [6.45, 7) is 7.64. The normalized spacial score (nSPS) is 19.8. The molecule has 0 bridgehead atoms. The molecule has 4 N–H and O–H groups in total. The third-order valence-corrected chi connectivity index (χ3v) is 5.95. The number of hydrogen-bond acceptors (Lipinski definition) is 4. The lowest BCUT2D eigenvalue weighted by Gasteiger charge is -2.21. The van der Waals surface area contributed by atoms with Crippen LogP contribution in [0.25, 0.3) is 0 Å². The predicted molar refractivity (Wildman–Crippen MR) is 136 cm³/mol. The molecular formula is C23H38IN5O2. The molecule has 7 nitrogen and oxygen atoms in total. The van der Waals surface area contributed by atoms with Crippen LogP contribution in [-0.2, 0) is 0 Å². The maximum Gasteiger partial charge on any atom is 0.251 e. The molecule has 1 heterocycles. The molecule has 1 aromatic carbocycles. The van der Waals surface area contributed by atoms with Crippen LogP contribution in [0.1, 0.15) is 55.8 Å². The topological polar surface area (TPSA) is 89.0 Å². The van der Waals surface area contributed by atoms with Gasteiger partial charge in [0, 0.05) is 50.9 Å². The molecule has 2 aliphatic rings. The zero-order valence-electron chi connectivity index (χ0n) is 18.6. The van der Waals surface area contributed by atoms with E-state index >= 15 is 0 Å². The number of hydrogen-bond donors (Lipinski definition) is 4. The first-order valence-corrected chi connectivity index (χ1v) is 11.5. The Balaban J connectivity index is 0.00000341. The highest BCUT2D eigenvalue weighted by atomic mass is 127. The number of carbonyl (C=O) groups excluding carboxylic acids is 1. The first-order valence-electron chi connectivity index (χ1n) is 11.5. The van der Waals surface area contributed by atoms with Crippen LogP contribution in [0.15, 0.2) is 29.3 Å². The van der Waals surface area contributed by atoms with E-state index in [1.54, 1.807) is 18.2 Å². The zero-order chi connectivity index (χ0) is 21.2. The van der Waals surface area contributed by atoms with Gasteiger partial charge in [0.2, 0.25) is 0 Å². The number of benzene rings is 1.